The maximum Gasteiger partial charge on any atom is 0.244 e. The van der Waals surface area contributed by atoms with E-state index in [2.05, 4.69) is 0 Å². The summed E-state index contributed by atoms with van der Waals surface area (Å²) in [6.07, 6.45) is 6.95. The summed E-state index contributed by atoms with van der Waals surface area (Å²) >= 11 is 0. The molecule has 0 aromatic heterocycles. The monoisotopic (exact) mass is 378 g/mol. The smallest absolute Gasteiger partial charge is 0.244 e. The standard InChI is InChI=1S/C19H23FN2O3S/c20-16-8-6-15(7-9-16)12-21-11-10-19(14-21)18(23)13-22(26(19,24)25)17-4-2-1-3-5-17/h2,4-9,18,23H,1,3,10-14H2/t18-,19+/m0/s1. The predicted octanol–water partition coefficient (Wildman–Crippen LogP) is 2.01. The van der Waals surface area contributed by atoms with Crippen LogP contribution in [0.3, 0.4) is 0 Å². The summed E-state index contributed by atoms with van der Waals surface area (Å²) in [5.74, 6) is -0.287. The SMILES string of the molecule is O=S1(=O)N(C2=CCCC=C2)C[C@H](O)[C@]12CCN(Cc1ccc(F)cc1)C2. The lowest BCUT2D eigenvalue weighted by Gasteiger charge is -2.28. The number of rotatable bonds is 3. The van der Waals surface area contributed by atoms with E-state index in [0.29, 0.717) is 31.8 Å². The molecule has 2 atom stereocenters. The van der Waals surface area contributed by atoms with E-state index in [1.165, 1.54) is 16.4 Å². The van der Waals surface area contributed by atoms with Crippen molar-refractivity contribution in [2.24, 2.45) is 0 Å². The predicted molar refractivity (Wildman–Crippen MR) is 97.1 cm³/mol. The zero-order valence-electron chi connectivity index (χ0n) is 14.5. The quantitative estimate of drug-likeness (QED) is 0.874. The minimum atomic E-state index is -3.65. The molecule has 26 heavy (non-hydrogen) atoms. The van der Waals surface area contributed by atoms with Crippen LogP contribution in [0, 0.1) is 5.82 Å². The highest BCUT2D eigenvalue weighted by Crippen LogP contribution is 2.43. The van der Waals surface area contributed by atoms with Gasteiger partial charge in [0, 0.05) is 25.3 Å². The van der Waals surface area contributed by atoms with Crippen molar-refractivity contribution in [3.63, 3.8) is 0 Å². The summed E-state index contributed by atoms with van der Waals surface area (Å²) in [4.78, 5) is 2.03. The zero-order chi connectivity index (χ0) is 18.4. The Morgan fingerprint density at radius 1 is 1.23 bits per heavy atom. The molecule has 1 aromatic carbocycles. The lowest BCUT2D eigenvalue weighted by molar-refractivity contribution is 0.131. The number of aliphatic hydroxyl groups is 1. The van der Waals surface area contributed by atoms with Gasteiger partial charge >= 0.3 is 0 Å². The fourth-order valence-electron chi connectivity index (χ4n) is 4.19. The average molecular weight is 378 g/mol. The van der Waals surface area contributed by atoms with Crippen LogP contribution in [0.1, 0.15) is 24.8 Å². The van der Waals surface area contributed by atoms with E-state index in [-0.39, 0.29) is 12.4 Å². The van der Waals surface area contributed by atoms with Crippen LogP contribution in [0.2, 0.25) is 0 Å². The Labute approximate surface area is 153 Å². The van der Waals surface area contributed by atoms with Crippen molar-refractivity contribution >= 4 is 10.0 Å². The van der Waals surface area contributed by atoms with Crippen molar-refractivity contribution in [2.45, 2.75) is 36.7 Å². The fraction of sp³-hybridized carbons (Fsp3) is 0.474. The van der Waals surface area contributed by atoms with E-state index in [4.69, 9.17) is 0 Å². The zero-order valence-corrected chi connectivity index (χ0v) is 15.3. The number of hydrogen-bond donors (Lipinski definition) is 1. The maximum absolute atomic E-state index is 13.3. The van der Waals surface area contributed by atoms with E-state index in [9.17, 15) is 17.9 Å². The van der Waals surface area contributed by atoms with Crippen LogP contribution in [0.5, 0.6) is 0 Å². The van der Waals surface area contributed by atoms with Gasteiger partial charge in [0.15, 0.2) is 0 Å². The summed E-state index contributed by atoms with van der Waals surface area (Å²) in [6, 6.07) is 6.24. The van der Waals surface area contributed by atoms with E-state index in [1.807, 2.05) is 23.1 Å². The second-order valence-electron chi connectivity index (χ2n) is 7.31. The highest BCUT2D eigenvalue weighted by molar-refractivity contribution is 7.91. The normalized spacial score (nSPS) is 30.9. The molecule has 0 radical (unpaired) electrons. The molecule has 4 rings (SSSR count). The molecular formula is C19H23FN2O3S. The molecule has 0 saturated carbocycles. The molecule has 1 spiro atoms. The molecule has 2 fully saturated rings. The van der Waals surface area contributed by atoms with Gasteiger partial charge in [-0.2, -0.15) is 0 Å². The third-order valence-corrected chi connectivity index (χ3v) is 8.25. The molecule has 5 nitrogen and oxygen atoms in total. The van der Waals surface area contributed by atoms with E-state index in [1.54, 1.807) is 12.1 Å². The maximum atomic E-state index is 13.3. The first-order valence-corrected chi connectivity index (χ1v) is 10.4. The summed E-state index contributed by atoms with van der Waals surface area (Å²) < 4.78 is 39.9. The molecule has 2 saturated heterocycles. The van der Waals surface area contributed by atoms with Crippen molar-refractivity contribution < 1.29 is 17.9 Å². The molecular weight excluding hydrogens is 355 g/mol. The Balaban J connectivity index is 1.55. The number of nitrogens with zero attached hydrogens (tertiary/aromatic N) is 2. The number of sulfonamides is 1. The lowest BCUT2D eigenvalue weighted by atomic mass is 10.0. The van der Waals surface area contributed by atoms with Crippen molar-refractivity contribution in [3.05, 3.63) is 59.6 Å². The van der Waals surface area contributed by atoms with Crippen molar-refractivity contribution in [1.29, 1.82) is 0 Å². The Hall–Kier alpha value is -1.70. The Kier molecular flexibility index (Phi) is 4.41. The highest BCUT2D eigenvalue weighted by Gasteiger charge is 2.61. The van der Waals surface area contributed by atoms with Crippen LogP contribution >= 0.6 is 0 Å². The van der Waals surface area contributed by atoms with Gasteiger partial charge in [-0.25, -0.2) is 12.8 Å². The van der Waals surface area contributed by atoms with Crippen LogP contribution in [0.15, 0.2) is 48.2 Å². The topological polar surface area (TPSA) is 60.9 Å². The Morgan fingerprint density at radius 3 is 2.69 bits per heavy atom. The van der Waals surface area contributed by atoms with Gasteiger partial charge in [0.25, 0.3) is 0 Å². The van der Waals surface area contributed by atoms with Gasteiger partial charge in [0.1, 0.15) is 10.6 Å². The molecule has 140 valence electrons. The minimum absolute atomic E-state index is 0.114. The van der Waals surface area contributed by atoms with Gasteiger partial charge in [-0.05, 0) is 43.0 Å². The lowest BCUT2D eigenvalue weighted by Crippen LogP contribution is -2.47. The van der Waals surface area contributed by atoms with E-state index in [0.717, 1.165) is 18.4 Å². The van der Waals surface area contributed by atoms with Crippen LogP contribution < -0.4 is 0 Å². The molecule has 0 bridgehead atoms. The van der Waals surface area contributed by atoms with Crippen LogP contribution in [0.4, 0.5) is 4.39 Å². The molecule has 7 heteroatoms. The Bertz CT molecular complexity index is 850. The first kappa shape index (κ1) is 17.7. The number of likely N-dealkylation sites (tertiary alicyclic amines) is 1. The van der Waals surface area contributed by atoms with Gasteiger partial charge in [-0.3, -0.25) is 9.21 Å². The van der Waals surface area contributed by atoms with E-state index < -0.39 is 20.9 Å². The van der Waals surface area contributed by atoms with Crippen LogP contribution in [0.25, 0.3) is 0 Å². The van der Waals surface area contributed by atoms with Gasteiger partial charge in [0.2, 0.25) is 10.0 Å². The molecule has 1 aromatic rings. The number of hydrogen-bond acceptors (Lipinski definition) is 4. The second-order valence-corrected chi connectivity index (χ2v) is 9.52. The largest absolute Gasteiger partial charge is 0.389 e. The second kappa shape index (κ2) is 6.48. The summed E-state index contributed by atoms with van der Waals surface area (Å²) in [5, 5.41) is 10.7. The summed E-state index contributed by atoms with van der Waals surface area (Å²) in [7, 11) is -3.65. The van der Waals surface area contributed by atoms with E-state index >= 15 is 0 Å². The fourth-order valence-corrected chi connectivity index (χ4v) is 6.49. The molecule has 1 aliphatic carbocycles. The number of allylic oxidation sites excluding steroid dienone is 3. The van der Waals surface area contributed by atoms with Gasteiger partial charge < -0.3 is 5.11 Å². The third kappa shape index (κ3) is 2.78. The molecule has 2 heterocycles. The highest BCUT2D eigenvalue weighted by atomic mass is 32.2. The van der Waals surface area contributed by atoms with Gasteiger partial charge in [-0.1, -0.05) is 24.3 Å². The summed E-state index contributed by atoms with van der Waals surface area (Å²) in [6.45, 7) is 1.55. The Morgan fingerprint density at radius 2 is 2.00 bits per heavy atom. The minimum Gasteiger partial charge on any atom is -0.389 e. The van der Waals surface area contributed by atoms with Crippen molar-refractivity contribution in [2.75, 3.05) is 19.6 Å². The molecule has 0 unspecified atom stereocenters. The molecule has 1 N–H and O–H groups in total. The first-order chi connectivity index (χ1) is 12.4. The molecule has 3 aliphatic rings. The van der Waals surface area contributed by atoms with Gasteiger partial charge in [-0.15, -0.1) is 0 Å². The third-order valence-electron chi connectivity index (χ3n) is 5.68. The number of β-amino-alcohol motifs (C(OH)–C–C–N with tert-alkyl or cyclic N) is 1. The average Bonchev–Trinajstić information content (AvgIpc) is 3.14. The number of aliphatic hydroxyl groups excluding tert-OH is 1. The first-order valence-electron chi connectivity index (χ1n) is 8.96. The van der Waals surface area contributed by atoms with Crippen LogP contribution in [-0.4, -0.2) is 53.2 Å². The van der Waals surface area contributed by atoms with Crippen molar-refractivity contribution in [1.82, 2.24) is 9.21 Å². The van der Waals surface area contributed by atoms with Gasteiger partial charge in [0.05, 0.1) is 12.6 Å². The molecule has 2 aliphatic heterocycles. The van der Waals surface area contributed by atoms with Crippen LogP contribution in [-0.2, 0) is 16.6 Å². The summed E-state index contributed by atoms with van der Waals surface area (Å²) in [5.41, 5.74) is 1.60. The number of halogens is 1. The number of benzene rings is 1. The molecule has 0 amide bonds. The van der Waals surface area contributed by atoms with Crippen molar-refractivity contribution in [3.8, 4) is 0 Å².